The number of piperidine rings is 1. The Morgan fingerprint density at radius 3 is 2.64 bits per heavy atom. The van der Waals surface area contributed by atoms with Crippen molar-refractivity contribution < 1.29 is 14.3 Å². The molecule has 2 aliphatic rings. The minimum atomic E-state index is -0.306. The first-order valence-corrected chi connectivity index (χ1v) is 9.39. The Bertz CT molecular complexity index is 598. The van der Waals surface area contributed by atoms with Crippen molar-refractivity contribution in [3.8, 4) is 0 Å². The first-order valence-electron chi connectivity index (χ1n) is 9.39. The summed E-state index contributed by atoms with van der Waals surface area (Å²) in [6.45, 7) is 3.99. The van der Waals surface area contributed by atoms with E-state index >= 15 is 0 Å². The predicted octanol–water partition coefficient (Wildman–Crippen LogP) is 3.09. The maximum atomic E-state index is 12.7. The summed E-state index contributed by atoms with van der Waals surface area (Å²) in [5.41, 5.74) is 1.41. The summed E-state index contributed by atoms with van der Waals surface area (Å²) < 4.78 is 5.06. The van der Waals surface area contributed by atoms with Gasteiger partial charge in [-0.3, -0.25) is 4.79 Å². The Kier molecular flexibility index (Phi) is 5.61. The smallest absolute Gasteiger partial charge is 0.409 e. The largest absolute Gasteiger partial charge is 0.450 e. The zero-order valence-electron chi connectivity index (χ0n) is 15.0. The number of rotatable bonds is 5. The fourth-order valence-electron chi connectivity index (χ4n) is 3.94. The average Bonchev–Trinajstić information content (AvgIpc) is 2.62. The van der Waals surface area contributed by atoms with Crippen LogP contribution >= 0.6 is 0 Å². The second kappa shape index (κ2) is 7.89. The SMILES string of the molecule is CCOC(=O)N1CCC[C@H](C(=O)NCC2(c3ccccc3)CCC2)C1. The fraction of sp³-hybridized carbons (Fsp3) is 0.600. The molecule has 1 aliphatic heterocycles. The van der Waals surface area contributed by atoms with Crippen molar-refractivity contribution in [3.63, 3.8) is 0 Å². The van der Waals surface area contributed by atoms with Crippen LogP contribution in [0, 0.1) is 5.92 Å². The number of nitrogens with zero attached hydrogens (tertiary/aromatic N) is 1. The van der Waals surface area contributed by atoms with Gasteiger partial charge in [0.05, 0.1) is 12.5 Å². The highest BCUT2D eigenvalue weighted by molar-refractivity contribution is 5.80. The monoisotopic (exact) mass is 344 g/mol. The first-order chi connectivity index (χ1) is 12.1. The number of likely N-dealkylation sites (tertiary alicyclic amines) is 1. The van der Waals surface area contributed by atoms with E-state index in [-0.39, 0.29) is 23.3 Å². The number of hydrogen-bond donors (Lipinski definition) is 1. The molecular formula is C20H28N2O3. The van der Waals surface area contributed by atoms with Crippen molar-refractivity contribution >= 4 is 12.0 Å². The third-order valence-electron chi connectivity index (χ3n) is 5.62. The summed E-state index contributed by atoms with van der Waals surface area (Å²) in [5.74, 6) is -0.0674. The second-order valence-electron chi connectivity index (χ2n) is 7.20. The molecule has 5 heteroatoms. The fourth-order valence-corrected chi connectivity index (χ4v) is 3.94. The molecule has 2 amide bonds. The van der Waals surface area contributed by atoms with Crippen LogP contribution in [-0.2, 0) is 14.9 Å². The van der Waals surface area contributed by atoms with Crippen LogP contribution in [0.15, 0.2) is 30.3 Å². The van der Waals surface area contributed by atoms with Crippen molar-refractivity contribution in [3.05, 3.63) is 35.9 Å². The van der Waals surface area contributed by atoms with Gasteiger partial charge in [-0.2, -0.15) is 0 Å². The molecule has 1 aliphatic carbocycles. The number of amides is 2. The highest BCUT2D eigenvalue weighted by Gasteiger charge is 2.39. The van der Waals surface area contributed by atoms with Gasteiger partial charge in [0.15, 0.2) is 0 Å². The van der Waals surface area contributed by atoms with Crippen LogP contribution in [0.25, 0.3) is 0 Å². The lowest BCUT2D eigenvalue weighted by molar-refractivity contribution is -0.126. The molecule has 1 N–H and O–H groups in total. The molecule has 0 aromatic heterocycles. The van der Waals surface area contributed by atoms with Crippen molar-refractivity contribution in [2.45, 2.75) is 44.4 Å². The molecule has 1 atom stereocenters. The number of benzene rings is 1. The van der Waals surface area contributed by atoms with E-state index < -0.39 is 0 Å². The third-order valence-corrected chi connectivity index (χ3v) is 5.62. The maximum Gasteiger partial charge on any atom is 0.409 e. The Hall–Kier alpha value is -2.04. The van der Waals surface area contributed by atoms with Gasteiger partial charge in [-0.15, -0.1) is 0 Å². The molecule has 1 aromatic carbocycles. The molecule has 0 unspecified atom stereocenters. The van der Waals surface area contributed by atoms with E-state index in [9.17, 15) is 9.59 Å². The van der Waals surface area contributed by atoms with Crippen molar-refractivity contribution in [2.75, 3.05) is 26.2 Å². The lowest BCUT2D eigenvalue weighted by Gasteiger charge is -2.43. The predicted molar refractivity (Wildman–Crippen MR) is 96.3 cm³/mol. The molecule has 136 valence electrons. The van der Waals surface area contributed by atoms with E-state index in [1.54, 1.807) is 11.8 Å². The zero-order valence-corrected chi connectivity index (χ0v) is 15.0. The number of nitrogens with one attached hydrogen (secondary N) is 1. The van der Waals surface area contributed by atoms with Gasteiger partial charge in [0, 0.05) is 25.0 Å². The molecule has 3 rings (SSSR count). The quantitative estimate of drug-likeness (QED) is 0.893. The number of ether oxygens (including phenoxy) is 1. The Labute approximate surface area is 149 Å². The van der Waals surface area contributed by atoms with Gasteiger partial charge in [0.2, 0.25) is 5.91 Å². The Balaban J connectivity index is 1.56. The molecular weight excluding hydrogens is 316 g/mol. The van der Waals surface area contributed by atoms with Crippen molar-refractivity contribution in [2.24, 2.45) is 5.92 Å². The van der Waals surface area contributed by atoms with Gasteiger partial charge in [-0.25, -0.2) is 4.79 Å². The van der Waals surface area contributed by atoms with Crippen molar-refractivity contribution in [1.29, 1.82) is 0 Å². The topological polar surface area (TPSA) is 58.6 Å². The van der Waals surface area contributed by atoms with E-state index in [2.05, 4.69) is 29.6 Å². The molecule has 25 heavy (non-hydrogen) atoms. The van der Waals surface area contributed by atoms with Gasteiger partial charge in [-0.05, 0) is 38.2 Å². The van der Waals surface area contributed by atoms with Crippen LogP contribution in [0.5, 0.6) is 0 Å². The molecule has 0 radical (unpaired) electrons. The molecule has 2 fully saturated rings. The minimum Gasteiger partial charge on any atom is -0.450 e. The standard InChI is InChI=1S/C20H28N2O3/c1-2-25-19(24)22-13-6-8-16(14-22)18(23)21-15-20(11-7-12-20)17-9-4-3-5-10-17/h3-5,9-10,16H,2,6-8,11-15H2,1H3,(H,21,23)/t16-/m0/s1. The Morgan fingerprint density at radius 1 is 1.24 bits per heavy atom. The summed E-state index contributed by atoms with van der Waals surface area (Å²) in [6.07, 6.45) is 4.83. The molecule has 0 spiro atoms. The summed E-state index contributed by atoms with van der Waals surface area (Å²) in [5, 5.41) is 3.17. The lowest BCUT2D eigenvalue weighted by atomic mass is 9.64. The summed E-state index contributed by atoms with van der Waals surface area (Å²) in [6, 6.07) is 10.5. The van der Waals surface area contributed by atoms with Gasteiger partial charge in [0.25, 0.3) is 0 Å². The summed E-state index contributed by atoms with van der Waals surface area (Å²) >= 11 is 0. The van der Waals surface area contributed by atoms with E-state index in [1.165, 1.54) is 12.0 Å². The number of carbonyl (C=O) groups is 2. The second-order valence-corrected chi connectivity index (χ2v) is 7.20. The van der Waals surface area contributed by atoms with Crippen LogP contribution in [0.4, 0.5) is 4.79 Å². The van der Waals surface area contributed by atoms with Crippen molar-refractivity contribution in [1.82, 2.24) is 10.2 Å². The number of carbonyl (C=O) groups excluding carboxylic acids is 2. The maximum absolute atomic E-state index is 12.7. The molecule has 1 aromatic rings. The molecule has 1 saturated carbocycles. The van der Waals surface area contributed by atoms with E-state index in [0.29, 0.717) is 26.2 Å². The first kappa shape index (κ1) is 17.8. The lowest BCUT2D eigenvalue weighted by Crippen LogP contribution is -2.50. The van der Waals surface area contributed by atoms with Crippen LogP contribution in [0.1, 0.15) is 44.6 Å². The van der Waals surface area contributed by atoms with Gasteiger partial charge < -0.3 is 15.0 Å². The normalized spacial score (nSPS) is 22.0. The van der Waals surface area contributed by atoms with Crippen LogP contribution in [-0.4, -0.2) is 43.1 Å². The van der Waals surface area contributed by atoms with Crippen LogP contribution in [0.2, 0.25) is 0 Å². The average molecular weight is 344 g/mol. The van der Waals surface area contributed by atoms with Gasteiger partial charge in [0.1, 0.15) is 0 Å². The summed E-state index contributed by atoms with van der Waals surface area (Å²) in [7, 11) is 0. The van der Waals surface area contributed by atoms with Crippen LogP contribution in [0.3, 0.4) is 0 Å². The minimum absolute atomic E-state index is 0.0659. The highest BCUT2D eigenvalue weighted by atomic mass is 16.6. The molecule has 5 nitrogen and oxygen atoms in total. The van der Waals surface area contributed by atoms with Gasteiger partial charge in [-0.1, -0.05) is 36.8 Å². The zero-order chi connectivity index (χ0) is 17.7. The molecule has 1 heterocycles. The van der Waals surface area contributed by atoms with E-state index in [0.717, 1.165) is 25.7 Å². The van der Waals surface area contributed by atoms with Crippen LogP contribution < -0.4 is 5.32 Å². The van der Waals surface area contributed by atoms with E-state index in [1.807, 2.05) is 6.07 Å². The molecule has 0 bridgehead atoms. The highest BCUT2D eigenvalue weighted by Crippen LogP contribution is 2.43. The third kappa shape index (κ3) is 3.97. The summed E-state index contributed by atoms with van der Waals surface area (Å²) in [4.78, 5) is 26.2. The number of hydrogen-bond acceptors (Lipinski definition) is 3. The van der Waals surface area contributed by atoms with E-state index in [4.69, 9.17) is 4.74 Å². The van der Waals surface area contributed by atoms with Gasteiger partial charge >= 0.3 is 6.09 Å². The Morgan fingerprint density at radius 2 is 2.00 bits per heavy atom. The molecule has 1 saturated heterocycles.